The van der Waals surface area contributed by atoms with E-state index < -0.39 is 11.6 Å². The number of nitrogens with one attached hydrogen (secondary N) is 1. The number of hydrogen-bond donors (Lipinski definition) is 1. The van der Waals surface area contributed by atoms with E-state index in [1.54, 1.807) is 0 Å². The molecule has 1 N–H and O–H groups in total. The Morgan fingerprint density at radius 1 is 1.04 bits per heavy atom. The number of rotatable bonds is 2. The summed E-state index contributed by atoms with van der Waals surface area (Å²) in [5.74, 6) is -0.302. The summed E-state index contributed by atoms with van der Waals surface area (Å²) in [7, 11) is 0. The number of hydrogen-bond acceptors (Lipinski definition) is 3. The number of imide groups is 1. The van der Waals surface area contributed by atoms with Gasteiger partial charge in [0.15, 0.2) is 0 Å². The van der Waals surface area contributed by atoms with Gasteiger partial charge >= 0.3 is 6.03 Å². The van der Waals surface area contributed by atoms with Crippen LogP contribution in [0.3, 0.4) is 0 Å². The van der Waals surface area contributed by atoms with Crippen molar-refractivity contribution in [1.29, 1.82) is 0 Å². The highest BCUT2D eigenvalue weighted by atomic mass is 16.2. The molecule has 1 spiro atoms. The molecule has 3 rings (SSSR count). The largest absolute Gasteiger partial charge is 0.336 e. The summed E-state index contributed by atoms with van der Waals surface area (Å²) in [6, 6.07) is -0.0460. The van der Waals surface area contributed by atoms with Gasteiger partial charge in [0.25, 0.3) is 5.91 Å². The number of urea groups is 1. The van der Waals surface area contributed by atoms with Gasteiger partial charge in [-0.05, 0) is 46.0 Å². The number of piperidine rings is 1. The summed E-state index contributed by atoms with van der Waals surface area (Å²) in [5, 5.41) is 2.91. The molecule has 6 heteroatoms. The minimum absolute atomic E-state index is 0.108. The highest BCUT2D eigenvalue weighted by molar-refractivity contribution is 6.09. The average molecular weight is 335 g/mol. The van der Waals surface area contributed by atoms with E-state index in [0.29, 0.717) is 12.8 Å². The SMILES string of the molecule is C[C@H]1CCC[C@H](C)N1C(=O)CN1C(=O)NC2(CCCCCC2)C1=O. The Morgan fingerprint density at radius 2 is 1.62 bits per heavy atom. The van der Waals surface area contributed by atoms with Crippen molar-refractivity contribution in [3.8, 4) is 0 Å². The molecule has 4 amide bonds. The number of amides is 4. The van der Waals surface area contributed by atoms with Gasteiger partial charge in [0.2, 0.25) is 5.91 Å². The molecule has 0 aromatic heterocycles. The number of likely N-dealkylation sites (tertiary alicyclic amines) is 1. The first-order valence-corrected chi connectivity index (χ1v) is 9.40. The van der Waals surface area contributed by atoms with Crippen molar-refractivity contribution < 1.29 is 14.4 Å². The van der Waals surface area contributed by atoms with Crippen LogP contribution in [0.5, 0.6) is 0 Å². The van der Waals surface area contributed by atoms with Crippen molar-refractivity contribution in [2.75, 3.05) is 6.54 Å². The quantitative estimate of drug-likeness (QED) is 0.788. The van der Waals surface area contributed by atoms with Crippen LogP contribution < -0.4 is 5.32 Å². The van der Waals surface area contributed by atoms with Crippen LogP contribution in [0.4, 0.5) is 4.79 Å². The van der Waals surface area contributed by atoms with Gasteiger partial charge in [-0.1, -0.05) is 25.7 Å². The fourth-order valence-electron chi connectivity index (χ4n) is 4.62. The van der Waals surface area contributed by atoms with Crippen molar-refractivity contribution >= 4 is 17.8 Å². The molecule has 2 saturated heterocycles. The van der Waals surface area contributed by atoms with Gasteiger partial charge in [-0.2, -0.15) is 0 Å². The fraction of sp³-hybridized carbons (Fsp3) is 0.833. The van der Waals surface area contributed by atoms with Gasteiger partial charge in [-0.3, -0.25) is 14.5 Å². The molecule has 3 aliphatic rings. The van der Waals surface area contributed by atoms with E-state index in [9.17, 15) is 14.4 Å². The van der Waals surface area contributed by atoms with Crippen molar-refractivity contribution in [3.63, 3.8) is 0 Å². The zero-order valence-electron chi connectivity index (χ0n) is 14.8. The second kappa shape index (κ2) is 6.73. The van der Waals surface area contributed by atoms with Gasteiger partial charge in [-0.15, -0.1) is 0 Å². The monoisotopic (exact) mass is 335 g/mol. The fourth-order valence-corrected chi connectivity index (χ4v) is 4.62. The van der Waals surface area contributed by atoms with Crippen molar-refractivity contribution in [3.05, 3.63) is 0 Å². The van der Waals surface area contributed by atoms with Gasteiger partial charge in [0.1, 0.15) is 12.1 Å². The Labute approximate surface area is 143 Å². The molecule has 1 saturated carbocycles. The van der Waals surface area contributed by atoms with Crippen LogP contribution in [0.15, 0.2) is 0 Å². The molecule has 2 heterocycles. The lowest BCUT2D eigenvalue weighted by Crippen LogP contribution is -2.52. The van der Waals surface area contributed by atoms with Crippen LogP contribution in [0.2, 0.25) is 0 Å². The standard InChI is InChI=1S/C18H29N3O3/c1-13-8-7-9-14(2)21(13)15(22)12-20-16(23)18(19-17(20)24)10-5-3-4-6-11-18/h13-14H,3-12H2,1-2H3,(H,19,24)/t13-,14-/m0/s1. The second-order valence-electron chi connectivity index (χ2n) is 7.75. The zero-order chi connectivity index (χ0) is 17.3. The summed E-state index contributed by atoms with van der Waals surface area (Å²) in [6.07, 6.45) is 8.59. The molecule has 6 nitrogen and oxygen atoms in total. The molecule has 0 bridgehead atoms. The summed E-state index contributed by atoms with van der Waals surface area (Å²) in [4.78, 5) is 41.0. The third-order valence-corrected chi connectivity index (χ3v) is 5.98. The topological polar surface area (TPSA) is 69.7 Å². The van der Waals surface area contributed by atoms with Crippen LogP contribution in [-0.4, -0.2) is 51.8 Å². The third kappa shape index (κ3) is 3.03. The summed E-state index contributed by atoms with van der Waals surface area (Å²) in [5.41, 5.74) is -0.757. The first-order valence-electron chi connectivity index (χ1n) is 9.40. The van der Waals surface area contributed by atoms with E-state index in [2.05, 4.69) is 5.32 Å². The molecule has 0 aromatic rings. The molecule has 3 fully saturated rings. The molecule has 0 aromatic carbocycles. The van der Waals surface area contributed by atoms with Crippen LogP contribution >= 0.6 is 0 Å². The number of carbonyl (C=O) groups is 3. The first kappa shape index (κ1) is 17.2. The summed E-state index contributed by atoms with van der Waals surface area (Å²) >= 11 is 0. The lowest BCUT2D eigenvalue weighted by molar-refractivity contribution is -0.143. The predicted molar refractivity (Wildman–Crippen MR) is 90.3 cm³/mol. The molecule has 2 aliphatic heterocycles. The molecule has 0 radical (unpaired) electrons. The normalized spacial score (nSPS) is 30.4. The molecular formula is C18H29N3O3. The lowest BCUT2D eigenvalue weighted by Gasteiger charge is -2.39. The highest BCUT2D eigenvalue weighted by Crippen LogP contribution is 2.33. The van der Waals surface area contributed by atoms with Crippen LogP contribution in [0.1, 0.15) is 71.6 Å². The molecule has 2 atom stereocenters. The smallest absolute Gasteiger partial charge is 0.325 e. The molecular weight excluding hydrogens is 306 g/mol. The minimum Gasteiger partial charge on any atom is -0.336 e. The summed E-state index contributed by atoms with van der Waals surface area (Å²) in [6.45, 7) is 3.97. The van der Waals surface area contributed by atoms with E-state index in [0.717, 1.165) is 49.8 Å². The maximum Gasteiger partial charge on any atom is 0.325 e. The van der Waals surface area contributed by atoms with E-state index >= 15 is 0 Å². The van der Waals surface area contributed by atoms with E-state index in [4.69, 9.17) is 0 Å². The van der Waals surface area contributed by atoms with E-state index in [1.807, 2.05) is 18.7 Å². The van der Waals surface area contributed by atoms with E-state index in [1.165, 1.54) is 0 Å². The Morgan fingerprint density at radius 3 is 2.21 bits per heavy atom. The predicted octanol–water partition coefficient (Wildman–Crippen LogP) is 2.42. The lowest BCUT2D eigenvalue weighted by atomic mass is 9.90. The number of nitrogens with zero attached hydrogens (tertiary/aromatic N) is 2. The van der Waals surface area contributed by atoms with Crippen molar-refractivity contribution in [1.82, 2.24) is 15.1 Å². The van der Waals surface area contributed by atoms with Gasteiger partial charge < -0.3 is 10.2 Å². The molecule has 134 valence electrons. The van der Waals surface area contributed by atoms with Crippen LogP contribution in [-0.2, 0) is 9.59 Å². The van der Waals surface area contributed by atoms with Crippen molar-refractivity contribution in [2.24, 2.45) is 0 Å². The maximum absolute atomic E-state index is 12.9. The van der Waals surface area contributed by atoms with Gasteiger partial charge in [-0.25, -0.2) is 4.79 Å². The Bertz CT molecular complexity index is 516. The third-order valence-electron chi connectivity index (χ3n) is 5.98. The Kier molecular flexibility index (Phi) is 4.83. The molecule has 1 aliphatic carbocycles. The van der Waals surface area contributed by atoms with Crippen LogP contribution in [0.25, 0.3) is 0 Å². The Balaban J connectivity index is 1.71. The molecule has 0 unspecified atom stereocenters. The average Bonchev–Trinajstić information content (AvgIpc) is 2.71. The number of carbonyl (C=O) groups excluding carboxylic acids is 3. The van der Waals surface area contributed by atoms with Crippen LogP contribution in [0, 0.1) is 0 Å². The van der Waals surface area contributed by atoms with Gasteiger partial charge in [0.05, 0.1) is 0 Å². The maximum atomic E-state index is 12.9. The minimum atomic E-state index is -0.757. The summed E-state index contributed by atoms with van der Waals surface area (Å²) < 4.78 is 0. The van der Waals surface area contributed by atoms with Gasteiger partial charge in [0, 0.05) is 12.1 Å². The highest BCUT2D eigenvalue weighted by Gasteiger charge is 2.51. The van der Waals surface area contributed by atoms with Crippen molar-refractivity contribution in [2.45, 2.75) is 89.3 Å². The second-order valence-corrected chi connectivity index (χ2v) is 7.75. The zero-order valence-corrected chi connectivity index (χ0v) is 14.8. The van der Waals surface area contributed by atoms with E-state index in [-0.39, 0.29) is 30.4 Å². The first-order chi connectivity index (χ1) is 11.4. The molecule has 24 heavy (non-hydrogen) atoms. The Hall–Kier alpha value is -1.59.